The zero-order chi connectivity index (χ0) is 9.83. The second kappa shape index (κ2) is 4.21. The molecule has 0 fully saturated rings. The Labute approximate surface area is 74.9 Å². The molecule has 0 aromatic heterocycles. The number of hydrogen-bond donors (Lipinski definition) is 2. The molecule has 0 saturated carbocycles. The summed E-state index contributed by atoms with van der Waals surface area (Å²) < 4.78 is 4.92. The summed E-state index contributed by atoms with van der Waals surface area (Å²) in [7, 11) is 1.63. The van der Waals surface area contributed by atoms with E-state index in [-0.39, 0.29) is 5.41 Å². The Morgan fingerprint density at radius 2 is 1.83 bits per heavy atom. The molecule has 0 amide bonds. The third kappa shape index (κ3) is 2.73. The molecule has 0 aromatic rings. The highest BCUT2D eigenvalue weighted by molar-refractivity contribution is 4.90. The zero-order valence-electron chi connectivity index (χ0n) is 8.55. The number of rotatable bonds is 5. The lowest BCUT2D eigenvalue weighted by Crippen LogP contribution is -2.47. The van der Waals surface area contributed by atoms with E-state index in [4.69, 9.17) is 10.5 Å². The van der Waals surface area contributed by atoms with Crippen LogP contribution in [0.3, 0.4) is 0 Å². The molecule has 0 heterocycles. The molecule has 0 spiro atoms. The molecule has 0 aliphatic heterocycles. The largest absolute Gasteiger partial charge is 0.389 e. The smallest absolute Gasteiger partial charge is 0.0704 e. The van der Waals surface area contributed by atoms with E-state index in [2.05, 4.69) is 0 Å². The Hall–Kier alpha value is -0.120. The molecule has 3 nitrogen and oxygen atoms in total. The van der Waals surface area contributed by atoms with Crippen molar-refractivity contribution in [2.75, 3.05) is 20.3 Å². The Kier molecular flexibility index (Phi) is 4.17. The molecule has 0 aliphatic rings. The van der Waals surface area contributed by atoms with Crippen LogP contribution in [-0.4, -0.2) is 31.0 Å². The highest BCUT2D eigenvalue weighted by atomic mass is 16.5. The van der Waals surface area contributed by atoms with Gasteiger partial charge in [0.15, 0.2) is 0 Å². The molecule has 74 valence electrons. The summed E-state index contributed by atoms with van der Waals surface area (Å²) in [5.74, 6) is 0. The van der Waals surface area contributed by atoms with Crippen molar-refractivity contribution in [2.45, 2.75) is 32.8 Å². The van der Waals surface area contributed by atoms with E-state index >= 15 is 0 Å². The van der Waals surface area contributed by atoms with Crippen molar-refractivity contribution in [3.63, 3.8) is 0 Å². The molecule has 1 unspecified atom stereocenters. The maximum atomic E-state index is 10.0. The van der Waals surface area contributed by atoms with Gasteiger partial charge < -0.3 is 15.6 Å². The molecule has 0 radical (unpaired) electrons. The first kappa shape index (κ1) is 11.9. The molecule has 0 aromatic carbocycles. The molecular weight excluding hydrogens is 154 g/mol. The SMILES string of the molecule is COCCC(C)(O)C(C)(C)CN. The van der Waals surface area contributed by atoms with Crippen LogP contribution in [0.15, 0.2) is 0 Å². The summed E-state index contributed by atoms with van der Waals surface area (Å²) >= 11 is 0. The molecule has 3 heteroatoms. The van der Waals surface area contributed by atoms with Crippen molar-refractivity contribution in [1.29, 1.82) is 0 Å². The van der Waals surface area contributed by atoms with Gasteiger partial charge in [-0.15, -0.1) is 0 Å². The van der Waals surface area contributed by atoms with E-state index in [0.717, 1.165) is 0 Å². The predicted octanol–water partition coefficient (Wildman–Crippen LogP) is 0.759. The number of methoxy groups -OCH3 is 1. The van der Waals surface area contributed by atoms with Crippen LogP contribution in [0.1, 0.15) is 27.2 Å². The first-order valence-corrected chi connectivity index (χ1v) is 4.29. The van der Waals surface area contributed by atoms with Crippen LogP contribution >= 0.6 is 0 Å². The number of ether oxygens (including phenoxy) is 1. The summed E-state index contributed by atoms with van der Waals surface area (Å²) in [6, 6.07) is 0. The molecule has 0 bridgehead atoms. The van der Waals surface area contributed by atoms with E-state index in [0.29, 0.717) is 19.6 Å². The maximum absolute atomic E-state index is 10.0. The van der Waals surface area contributed by atoms with Crippen molar-refractivity contribution in [1.82, 2.24) is 0 Å². The van der Waals surface area contributed by atoms with Gasteiger partial charge in [-0.3, -0.25) is 0 Å². The average molecular weight is 175 g/mol. The van der Waals surface area contributed by atoms with Gasteiger partial charge in [-0.1, -0.05) is 13.8 Å². The molecule has 0 rings (SSSR count). The minimum Gasteiger partial charge on any atom is -0.389 e. The Morgan fingerprint density at radius 3 is 2.17 bits per heavy atom. The second-order valence-electron chi connectivity index (χ2n) is 4.10. The van der Waals surface area contributed by atoms with Crippen LogP contribution in [0.2, 0.25) is 0 Å². The van der Waals surface area contributed by atoms with E-state index < -0.39 is 5.60 Å². The van der Waals surface area contributed by atoms with E-state index in [9.17, 15) is 5.11 Å². The van der Waals surface area contributed by atoms with Crippen molar-refractivity contribution < 1.29 is 9.84 Å². The van der Waals surface area contributed by atoms with Crippen molar-refractivity contribution in [3.05, 3.63) is 0 Å². The van der Waals surface area contributed by atoms with Gasteiger partial charge in [-0.25, -0.2) is 0 Å². The van der Waals surface area contributed by atoms with Crippen molar-refractivity contribution in [2.24, 2.45) is 11.1 Å². The highest BCUT2D eigenvalue weighted by Gasteiger charge is 2.37. The molecule has 0 saturated heterocycles. The van der Waals surface area contributed by atoms with Crippen LogP contribution in [0.25, 0.3) is 0 Å². The minimum absolute atomic E-state index is 0.258. The molecule has 12 heavy (non-hydrogen) atoms. The second-order valence-corrected chi connectivity index (χ2v) is 4.10. The summed E-state index contributed by atoms with van der Waals surface area (Å²) in [6.07, 6.45) is 0.619. The van der Waals surface area contributed by atoms with Crippen LogP contribution in [0.5, 0.6) is 0 Å². The number of hydrogen-bond acceptors (Lipinski definition) is 3. The van der Waals surface area contributed by atoms with E-state index in [1.54, 1.807) is 14.0 Å². The summed E-state index contributed by atoms with van der Waals surface area (Å²) in [5.41, 5.74) is 4.55. The van der Waals surface area contributed by atoms with Crippen LogP contribution in [0.4, 0.5) is 0 Å². The predicted molar refractivity (Wildman–Crippen MR) is 50.0 cm³/mol. The molecule has 0 aliphatic carbocycles. The monoisotopic (exact) mass is 175 g/mol. The normalized spacial score (nSPS) is 17.5. The van der Waals surface area contributed by atoms with Gasteiger partial charge in [-0.2, -0.15) is 0 Å². The van der Waals surface area contributed by atoms with Gasteiger partial charge in [0, 0.05) is 25.7 Å². The number of nitrogens with two attached hydrogens (primary N) is 1. The summed E-state index contributed by atoms with van der Waals surface area (Å²) in [6.45, 7) is 6.77. The average Bonchev–Trinajstić information content (AvgIpc) is 2.00. The standard InChI is InChI=1S/C9H21NO2/c1-8(2,7-10)9(3,11)5-6-12-4/h11H,5-7,10H2,1-4H3. The van der Waals surface area contributed by atoms with Gasteiger partial charge in [-0.05, 0) is 13.3 Å². The van der Waals surface area contributed by atoms with Gasteiger partial charge >= 0.3 is 0 Å². The lowest BCUT2D eigenvalue weighted by molar-refractivity contribution is -0.0654. The van der Waals surface area contributed by atoms with Crippen LogP contribution in [-0.2, 0) is 4.74 Å². The fourth-order valence-electron chi connectivity index (χ4n) is 0.859. The zero-order valence-corrected chi connectivity index (χ0v) is 8.55. The fraction of sp³-hybridized carbons (Fsp3) is 1.00. The Morgan fingerprint density at radius 1 is 1.33 bits per heavy atom. The van der Waals surface area contributed by atoms with Gasteiger partial charge in [0.2, 0.25) is 0 Å². The van der Waals surface area contributed by atoms with Gasteiger partial charge in [0.1, 0.15) is 0 Å². The van der Waals surface area contributed by atoms with Crippen molar-refractivity contribution >= 4 is 0 Å². The maximum Gasteiger partial charge on any atom is 0.0704 e. The molecular formula is C9H21NO2. The lowest BCUT2D eigenvalue weighted by atomic mass is 9.74. The third-order valence-corrected chi connectivity index (χ3v) is 2.76. The molecule has 1 atom stereocenters. The topological polar surface area (TPSA) is 55.5 Å². The highest BCUT2D eigenvalue weighted by Crippen LogP contribution is 2.32. The van der Waals surface area contributed by atoms with E-state index in [1.807, 2.05) is 13.8 Å². The van der Waals surface area contributed by atoms with Gasteiger partial charge in [0.05, 0.1) is 5.60 Å². The third-order valence-electron chi connectivity index (χ3n) is 2.76. The van der Waals surface area contributed by atoms with Gasteiger partial charge in [0.25, 0.3) is 0 Å². The quantitative estimate of drug-likeness (QED) is 0.648. The summed E-state index contributed by atoms with van der Waals surface area (Å²) in [4.78, 5) is 0. The first-order valence-electron chi connectivity index (χ1n) is 4.29. The van der Waals surface area contributed by atoms with Crippen LogP contribution in [0, 0.1) is 5.41 Å². The summed E-state index contributed by atoms with van der Waals surface area (Å²) in [5, 5.41) is 10.0. The van der Waals surface area contributed by atoms with E-state index in [1.165, 1.54) is 0 Å². The lowest BCUT2D eigenvalue weighted by Gasteiger charge is -2.39. The Bertz CT molecular complexity index is 132. The van der Waals surface area contributed by atoms with Crippen molar-refractivity contribution in [3.8, 4) is 0 Å². The Balaban J connectivity index is 4.17. The van der Waals surface area contributed by atoms with Crippen LogP contribution < -0.4 is 5.73 Å². The first-order chi connectivity index (χ1) is 5.37. The molecule has 3 N–H and O–H groups in total. The minimum atomic E-state index is -0.752. The fourth-order valence-corrected chi connectivity index (χ4v) is 0.859. The number of aliphatic hydroxyl groups is 1.